The van der Waals surface area contributed by atoms with E-state index >= 15 is 0 Å². The summed E-state index contributed by atoms with van der Waals surface area (Å²) >= 11 is 11.9. The van der Waals surface area contributed by atoms with Crippen molar-refractivity contribution < 1.29 is 4.79 Å². The van der Waals surface area contributed by atoms with Crippen LogP contribution in [0.25, 0.3) is 11.1 Å². The Morgan fingerprint density at radius 1 is 1.06 bits per heavy atom. The Kier molecular flexibility index (Phi) is 3.84. The maximum Gasteiger partial charge on any atom is 0.252 e. The number of amides is 1. The predicted octanol–water partition coefficient (Wildman–Crippen LogP) is 3.42. The summed E-state index contributed by atoms with van der Waals surface area (Å²) in [5.41, 5.74) is 2.11. The molecule has 1 aromatic carbocycles. The van der Waals surface area contributed by atoms with Gasteiger partial charge in [-0.15, -0.1) is 0 Å². The molecule has 0 bridgehead atoms. The highest BCUT2D eigenvalue weighted by Gasteiger charge is 2.07. The largest absolute Gasteiger partial charge is 0.355 e. The lowest BCUT2D eigenvalue weighted by Gasteiger charge is -2.05. The van der Waals surface area contributed by atoms with E-state index in [9.17, 15) is 4.79 Å². The Balaban J connectivity index is 2.47. The van der Waals surface area contributed by atoms with Crippen molar-refractivity contribution in [1.82, 2.24) is 10.3 Å². The molecular formula is C13H10Cl2N2O. The third-order valence-electron chi connectivity index (χ3n) is 2.42. The molecule has 2 aromatic rings. The average molecular weight is 281 g/mol. The molecule has 0 aliphatic heterocycles. The standard InChI is InChI=1S/C13H10Cl2N2O/c1-16-13(18)10-2-9(6-17-7-10)8-3-11(14)5-12(15)4-8/h2-7H,1H3,(H,16,18). The van der Waals surface area contributed by atoms with E-state index in [1.165, 1.54) is 6.20 Å². The van der Waals surface area contributed by atoms with Crippen LogP contribution in [0.4, 0.5) is 0 Å². The van der Waals surface area contributed by atoms with Gasteiger partial charge in [0.05, 0.1) is 5.56 Å². The molecule has 92 valence electrons. The van der Waals surface area contributed by atoms with Gasteiger partial charge in [0.2, 0.25) is 0 Å². The second-order valence-corrected chi connectivity index (χ2v) is 4.57. The van der Waals surface area contributed by atoms with Gasteiger partial charge in [-0.25, -0.2) is 0 Å². The SMILES string of the molecule is CNC(=O)c1cncc(-c2cc(Cl)cc(Cl)c2)c1. The maximum absolute atomic E-state index is 11.5. The van der Waals surface area contributed by atoms with Crippen molar-refractivity contribution in [3.63, 3.8) is 0 Å². The molecule has 0 aliphatic rings. The van der Waals surface area contributed by atoms with Crippen LogP contribution in [0.1, 0.15) is 10.4 Å². The first kappa shape index (κ1) is 12.9. The van der Waals surface area contributed by atoms with Gasteiger partial charge in [0.25, 0.3) is 5.91 Å². The van der Waals surface area contributed by atoms with E-state index < -0.39 is 0 Å². The third-order valence-corrected chi connectivity index (χ3v) is 2.86. The smallest absolute Gasteiger partial charge is 0.252 e. The van der Waals surface area contributed by atoms with Crippen molar-refractivity contribution >= 4 is 29.1 Å². The molecule has 3 nitrogen and oxygen atoms in total. The number of carbonyl (C=O) groups excluding carboxylic acids is 1. The zero-order chi connectivity index (χ0) is 13.1. The van der Waals surface area contributed by atoms with Gasteiger partial charge < -0.3 is 5.32 Å². The number of nitrogens with one attached hydrogen (secondary N) is 1. The normalized spacial score (nSPS) is 10.2. The molecule has 2 rings (SSSR count). The summed E-state index contributed by atoms with van der Waals surface area (Å²) in [6, 6.07) is 6.95. The van der Waals surface area contributed by atoms with E-state index in [0.29, 0.717) is 15.6 Å². The zero-order valence-electron chi connectivity index (χ0n) is 9.58. The molecule has 0 atom stereocenters. The summed E-state index contributed by atoms with van der Waals surface area (Å²) in [6.07, 6.45) is 3.17. The molecule has 0 fully saturated rings. The number of halogens is 2. The van der Waals surface area contributed by atoms with Gasteiger partial charge >= 0.3 is 0 Å². The Labute approximate surface area is 115 Å². The monoisotopic (exact) mass is 280 g/mol. The predicted molar refractivity (Wildman–Crippen MR) is 73.1 cm³/mol. The first-order valence-electron chi connectivity index (χ1n) is 5.24. The molecule has 0 radical (unpaired) electrons. The fourth-order valence-corrected chi connectivity index (χ4v) is 2.11. The highest BCUT2D eigenvalue weighted by molar-refractivity contribution is 6.35. The summed E-state index contributed by atoms with van der Waals surface area (Å²) in [5.74, 6) is -0.183. The van der Waals surface area contributed by atoms with Crippen LogP contribution >= 0.6 is 23.2 Å². The summed E-state index contributed by atoms with van der Waals surface area (Å²) in [5, 5.41) is 3.64. The van der Waals surface area contributed by atoms with E-state index in [1.807, 2.05) is 0 Å². The van der Waals surface area contributed by atoms with Crippen LogP contribution in [0.5, 0.6) is 0 Å². The first-order chi connectivity index (χ1) is 8.60. The Bertz CT molecular complexity index is 579. The molecule has 1 amide bonds. The van der Waals surface area contributed by atoms with Crippen LogP contribution in [0.2, 0.25) is 10.0 Å². The van der Waals surface area contributed by atoms with Crippen LogP contribution in [-0.4, -0.2) is 17.9 Å². The molecule has 0 unspecified atom stereocenters. The van der Waals surface area contributed by atoms with E-state index in [2.05, 4.69) is 10.3 Å². The van der Waals surface area contributed by atoms with Gasteiger partial charge in [-0.2, -0.15) is 0 Å². The number of benzene rings is 1. The molecule has 5 heteroatoms. The van der Waals surface area contributed by atoms with Crippen LogP contribution in [-0.2, 0) is 0 Å². The number of nitrogens with zero attached hydrogens (tertiary/aromatic N) is 1. The summed E-state index contributed by atoms with van der Waals surface area (Å²) in [7, 11) is 1.57. The first-order valence-corrected chi connectivity index (χ1v) is 5.99. The molecule has 0 aliphatic carbocycles. The van der Waals surface area contributed by atoms with Crippen molar-refractivity contribution in [3.8, 4) is 11.1 Å². The van der Waals surface area contributed by atoms with Crippen molar-refractivity contribution in [2.45, 2.75) is 0 Å². The summed E-state index contributed by atoms with van der Waals surface area (Å²) < 4.78 is 0. The Morgan fingerprint density at radius 2 is 1.72 bits per heavy atom. The molecule has 1 heterocycles. The topological polar surface area (TPSA) is 42.0 Å². The second kappa shape index (κ2) is 5.38. The molecule has 18 heavy (non-hydrogen) atoms. The van der Waals surface area contributed by atoms with Crippen molar-refractivity contribution in [1.29, 1.82) is 0 Å². The molecule has 1 aromatic heterocycles. The number of rotatable bonds is 2. The van der Waals surface area contributed by atoms with Crippen LogP contribution in [0, 0.1) is 0 Å². The van der Waals surface area contributed by atoms with Crippen molar-refractivity contribution in [2.24, 2.45) is 0 Å². The van der Waals surface area contributed by atoms with Crippen LogP contribution in [0.3, 0.4) is 0 Å². The Morgan fingerprint density at radius 3 is 2.33 bits per heavy atom. The van der Waals surface area contributed by atoms with Crippen LogP contribution in [0.15, 0.2) is 36.7 Å². The number of hydrogen-bond acceptors (Lipinski definition) is 2. The minimum atomic E-state index is -0.183. The zero-order valence-corrected chi connectivity index (χ0v) is 11.1. The fraction of sp³-hybridized carbons (Fsp3) is 0.0769. The quantitative estimate of drug-likeness (QED) is 0.916. The summed E-state index contributed by atoms with van der Waals surface area (Å²) in [4.78, 5) is 15.6. The Hall–Kier alpha value is -1.58. The lowest BCUT2D eigenvalue weighted by molar-refractivity contribution is 0.0963. The van der Waals surface area contributed by atoms with E-state index in [4.69, 9.17) is 23.2 Å². The fourth-order valence-electron chi connectivity index (χ4n) is 1.59. The van der Waals surface area contributed by atoms with Gasteiger partial charge in [-0.1, -0.05) is 23.2 Å². The van der Waals surface area contributed by atoms with E-state index in [1.54, 1.807) is 37.5 Å². The number of carbonyl (C=O) groups is 1. The third kappa shape index (κ3) is 2.81. The van der Waals surface area contributed by atoms with E-state index in [-0.39, 0.29) is 5.91 Å². The van der Waals surface area contributed by atoms with Gasteiger partial charge in [0, 0.05) is 35.1 Å². The number of pyridine rings is 1. The lowest BCUT2D eigenvalue weighted by atomic mass is 10.1. The maximum atomic E-state index is 11.5. The molecule has 0 spiro atoms. The van der Waals surface area contributed by atoms with Gasteiger partial charge in [-0.05, 0) is 29.8 Å². The van der Waals surface area contributed by atoms with Crippen molar-refractivity contribution in [2.75, 3.05) is 7.05 Å². The molecule has 1 N–H and O–H groups in total. The number of aromatic nitrogens is 1. The van der Waals surface area contributed by atoms with Crippen LogP contribution < -0.4 is 5.32 Å². The molecule has 0 saturated heterocycles. The molecule has 0 saturated carbocycles. The van der Waals surface area contributed by atoms with Gasteiger partial charge in [0.15, 0.2) is 0 Å². The molecular weight excluding hydrogens is 271 g/mol. The highest BCUT2D eigenvalue weighted by Crippen LogP contribution is 2.27. The van der Waals surface area contributed by atoms with E-state index in [0.717, 1.165) is 11.1 Å². The van der Waals surface area contributed by atoms with Gasteiger partial charge in [-0.3, -0.25) is 9.78 Å². The highest BCUT2D eigenvalue weighted by atomic mass is 35.5. The van der Waals surface area contributed by atoms with Gasteiger partial charge in [0.1, 0.15) is 0 Å². The lowest BCUT2D eigenvalue weighted by Crippen LogP contribution is -2.17. The second-order valence-electron chi connectivity index (χ2n) is 3.70. The minimum Gasteiger partial charge on any atom is -0.355 e. The minimum absolute atomic E-state index is 0.183. The average Bonchev–Trinajstić information content (AvgIpc) is 2.37. The van der Waals surface area contributed by atoms with Crippen molar-refractivity contribution in [3.05, 3.63) is 52.3 Å². The number of hydrogen-bond donors (Lipinski definition) is 1. The summed E-state index contributed by atoms with van der Waals surface area (Å²) in [6.45, 7) is 0.